The first-order chi connectivity index (χ1) is 6.86. The van der Waals surface area contributed by atoms with Crippen molar-refractivity contribution in [3.63, 3.8) is 0 Å². The molecule has 0 amide bonds. The van der Waals surface area contributed by atoms with Gasteiger partial charge in [-0.05, 0) is 11.5 Å². The third-order valence-corrected chi connectivity index (χ3v) is 3.75. The van der Waals surface area contributed by atoms with Crippen LogP contribution >= 0.6 is 0 Å². The highest BCUT2D eigenvalue weighted by Gasteiger charge is 2.18. The van der Waals surface area contributed by atoms with Crippen LogP contribution in [0.25, 0.3) is 10.8 Å². The Balaban J connectivity index is 2.44. The first-order valence-corrected chi connectivity index (χ1v) is 5.82. The molecule has 1 N–H and O–H groups in total. The molecule has 14 heavy (non-hydrogen) atoms. The van der Waals surface area contributed by atoms with E-state index in [9.17, 15) is 4.21 Å². The topological polar surface area (TPSA) is 29.1 Å². The first kappa shape index (κ1) is 8.00. The van der Waals surface area contributed by atoms with E-state index in [1.807, 2.05) is 24.3 Å². The molecule has 0 saturated heterocycles. The van der Waals surface area contributed by atoms with E-state index in [1.165, 1.54) is 5.39 Å². The highest BCUT2D eigenvalue weighted by Crippen LogP contribution is 2.33. The summed E-state index contributed by atoms with van der Waals surface area (Å²) in [5.74, 6) is 0.545. The second-order valence-corrected chi connectivity index (χ2v) is 4.75. The van der Waals surface area contributed by atoms with E-state index >= 15 is 0 Å². The molecule has 0 spiro atoms. The van der Waals surface area contributed by atoms with E-state index in [0.717, 1.165) is 16.0 Å². The summed E-state index contributed by atoms with van der Waals surface area (Å²) >= 11 is 0. The molecule has 1 heterocycles. The van der Waals surface area contributed by atoms with Gasteiger partial charge in [-0.2, -0.15) is 0 Å². The molecule has 2 aromatic carbocycles. The standard InChI is InChI=1S/C11H9NOS/c13-14-7-12-11-9-4-2-1-3-8(9)5-6-10(11)14/h1-6,12H,7H2. The Kier molecular flexibility index (Phi) is 1.61. The molecule has 0 radical (unpaired) electrons. The Labute approximate surface area is 84.4 Å². The number of anilines is 1. The third kappa shape index (κ3) is 0.990. The van der Waals surface area contributed by atoms with Gasteiger partial charge in [-0.3, -0.25) is 4.21 Å². The quantitative estimate of drug-likeness (QED) is 0.712. The van der Waals surface area contributed by atoms with Crippen LogP contribution in [0.3, 0.4) is 0 Å². The smallest absolute Gasteiger partial charge is 0.0959 e. The van der Waals surface area contributed by atoms with Gasteiger partial charge in [0, 0.05) is 5.39 Å². The minimum Gasteiger partial charge on any atom is -0.372 e. The number of rotatable bonds is 0. The number of benzene rings is 2. The van der Waals surface area contributed by atoms with Crippen LogP contribution in [-0.2, 0) is 10.8 Å². The van der Waals surface area contributed by atoms with Crippen LogP contribution in [0.4, 0.5) is 5.69 Å². The molecule has 2 nitrogen and oxygen atoms in total. The van der Waals surface area contributed by atoms with Gasteiger partial charge in [0.25, 0.3) is 0 Å². The normalized spacial score (nSPS) is 19.3. The summed E-state index contributed by atoms with van der Waals surface area (Å²) in [6.45, 7) is 0. The summed E-state index contributed by atoms with van der Waals surface area (Å²) in [5, 5.41) is 5.55. The van der Waals surface area contributed by atoms with Crippen LogP contribution in [0.1, 0.15) is 0 Å². The molecule has 1 unspecified atom stereocenters. The average Bonchev–Trinajstić information content (AvgIpc) is 2.61. The summed E-state index contributed by atoms with van der Waals surface area (Å²) in [7, 11) is -0.865. The fourth-order valence-corrected chi connectivity index (χ4v) is 2.90. The third-order valence-electron chi connectivity index (χ3n) is 2.52. The molecule has 1 atom stereocenters. The number of hydrogen-bond acceptors (Lipinski definition) is 2. The summed E-state index contributed by atoms with van der Waals surface area (Å²) in [4.78, 5) is 0.934. The molecular weight excluding hydrogens is 194 g/mol. The van der Waals surface area contributed by atoms with Gasteiger partial charge in [-0.15, -0.1) is 0 Å². The van der Waals surface area contributed by atoms with Gasteiger partial charge in [0.1, 0.15) is 0 Å². The highest BCUT2D eigenvalue weighted by molar-refractivity contribution is 7.85. The van der Waals surface area contributed by atoms with Crippen molar-refractivity contribution in [1.82, 2.24) is 0 Å². The van der Waals surface area contributed by atoms with Gasteiger partial charge in [-0.25, -0.2) is 0 Å². The van der Waals surface area contributed by atoms with Crippen molar-refractivity contribution >= 4 is 27.3 Å². The minimum atomic E-state index is -0.865. The summed E-state index contributed by atoms with van der Waals surface area (Å²) in [6.07, 6.45) is 0. The van der Waals surface area contributed by atoms with Gasteiger partial charge in [0.15, 0.2) is 0 Å². The maximum absolute atomic E-state index is 11.6. The lowest BCUT2D eigenvalue weighted by atomic mass is 10.1. The van der Waals surface area contributed by atoms with E-state index < -0.39 is 10.8 Å². The SMILES string of the molecule is O=S1CNc2c1ccc1ccccc21. The molecule has 0 aromatic heterocycles. The molecule has 0 aliphatic carbocycles. The highest BCUT2D eigenvalue weighted by atomic mass is 32.2. The van der Waals surface area contributed by atoms with Crippen LogP contribution in [-0.4, -0.2) is 10.1 Å². The zero-order valence-corrected chi connectivity index (χ0v) is 8.30. The molecule has 3 heteroatoms. The molecular formula is C11H9NOS. The second kappa shape index (κ2) is 2.82. The lowest BCUT2D eigenvalue weighted by Crippen LogP contribution is -1.94. The number of fused-ring (bicyclic) bond motifs is 3. The van der Waals surface area contributed by atoms with Crippen molar-refractivity contribution in [3.8, 4) is 0 Å². The summed E-state index contributed by atoms with van der Waals surface area (Å²) < 4.78 is 11.6. The van der Waals surface area contributed by atoms with Crippen LogP contribution in [0.15, 0.2) is 41.3 Å². The van der Waals surface area contributed by atoms with E-state index in [0.29, 0.717) is 5.88 Å². The minimum absolute atomic E-state index is 0.545. The van der Waals surface area contributed by atoms with Crippen molar-refractivity contribution in [3.05, 3.63) is 36.4 Å². The summed E-state index contributed by atoms with van der Waals surface area (Å²) in [5.41, 5.74) is 1.04. The van der Waals surface area contributed by atoms with Gasteiger partial charge in [0.05, 0.1) is 27.3 Å². The molecule has 0 fully saturated rings. The van der Waals surface area contributed by atoms with E-state index in [4.69, 9.17) is 0 Å². The van der Waals surface area contributed by atoms with Gasteiger partial charge < -0.3 is 5.32 Å². The number of nitrogens with one attached hydrogen (secondary N) is 1. The lowest BCUT2D eigenvalue weighted by Gasteiger charge is -2.03. The Morgan fingerprint density at radius 1 is 1.14 bits per heavy atom. The Hall–Kier alpha value is -1.35. The van der Waals surface area contributed by atoms with Crippen LogP contribution in [0.2, 0.25) is 0 Å². The molecule has 3 rings (SSSR count). The maximum atomic E-state index is 11.6. The van der Waals surface area contributed by atoms with Gasteiger partial charge >= 0.3 is 0 Å². The summed E-state index contributed by atoms with van der Waals surface area (Å²) in [6, 6.07) is 12.1. The van der Waals surface area contributed by atoms with E-state index in [2.05, 4.69) is 17.4 Å². The van der Waals surface area contributed by atoms with Crippen molar-refractivity contribution in [2.75, 3.05) is 11.2 Å². The van der Waals surface area contributed by atoms with Crippen molar-refractivity contribution in [1.29, 1.82) is 0 Å². The van der Waals surface area contributed by atoms with Crippen molar-refractivity contribution in [2.45, 2.75) is 4.90 Å². The second-order valence-electron chi connectivity index (χ2n) is 3.33. The Bertz CT molecular complexity index is 536. The number of hydrogen-bond donors (Lipinski definition) is 1. The molecule has 0 saturated carbocycles. The molecule has 70 valence electrons. The maximum Gasteiger partial charge on any atom is 0.0959 e. The largest absolute Gasteiger partial charge is 0.372 e. The zero-order chi connectivity index (χ0) is 9.54. The van der Waals surface area contributed by atoms with Gasteiger partial charge in [0.2, 0.25) is 0 Å². The van der Waals surface area contributed by atoms with Crippen LogP contribution in [0.5, 0.6) is 0 Å². The average molecular weight is 203 g/mol. The monoisotopic (exact) mass is 203 g/mol. The van der Waals surface area contributed by atoms with Crippen LogP contribution in [0, 0.1) is 0 Å². The predicted molar refractivity (Wildman–Crippen MR) is 58.8 cm³/mol. The first-order valence-electron chi connectivity index (χ1n) is 4.50. The molecule has 1 aliphatic rings. The molecule has 0 bridgehead atoms. The molecule has 2 aromatic rings. The zero-order valence-electron chi connectivity index (χ0n) is 7.49. The Morgan fingerprint density at radius 2 is 2.00 bits per heavy atom. The van der Waals surface area contributed by atoms with Crippen molar-refractivity contribution in [2.24, 2.45) is 0 Å². The van der Waals surface area contributed by atoms with E-state index in [1.54, 1.807) is 0 Å². The van der Waals surface area contributed by atoms with Gasteiger partial charge in [-0.1, -0.05) is 30.3 Å². The van der Waals surface area contributed by atoms with Crippen LogP contribution < -0.4 is 5.32 Å². The van der Waals surface area contributed by atoms with Crippen molar-refractivity contribution < 1.29 is 4.21 Å². The fourth-order valence-electron chi connectivity index (χ4n) is 1.84. The lowest BCUT2D eigenvalue weighted by molar-refractivity contribution is 0.686. The Morgan fingerprint density at radius 3 is 2.93 bits per heavy atom. The van der Waals surface area contributed by atoms with E-state index in [-0.39, 0.29) is 0 Å². The predicted octanol–water partition coefficient (Wildman–Crippen LogP) is 2.33. The molecule has 1 aliphatic heterocycles. The fraction of sp³-hybridized carbons (Fsp3) is 0.0909.